The van der Waals surface area contributed by atoms with Gasteiger partial charge in [0.1, 0.15) is 5.41 Å². The highest BCUT2D eigenvalue weighted by Gasteiger charge is 2.66. The molecule has 0 bridgehead atoms. The molecule has 2 aliphatic heterocycles. The van der Waals surface area contributed by atoms with Gasteiger partial charge in [-0.05, 0) is 53.9 Å². The maximum absolute atomic E-state index is 15.4. The Morgan fingerprint density at radius 1 is 0.756 bits per heavy atom. The minimum Gasteiger partial charge on any atom is -0.271 e. The Morgan fingerprint density at radius 2 is 1.33 bits per heavy atom. The van der Waals surface area contributed by atoms with Gasteiger partial charge in [-0.1, -0.05) is 121 Å². The highest BCUT2D eigenvalue weighted by Crippen LogP contribution is 2.62. The molecule has 0 saturated heterocycles. The van der Waals surface area contributed by atoms with Crippen LogP contribution in [0.1, 0.15) is 34.2 Å². The molecule has 2 heterocycles. The number of nitrogens with zero attached hydrogens (tertiary/aromatic N) is 3. The van der Waals surface area contributed by atoms with Crippen molar-refractivity contribution in [2.24, 2.45) is 10.5 Å². The number of aryl methyl sites for hydroxylation is 1. The van der Waals surface area contributed by atoms with E-state index in [4.69, 9.17) is 5.10 Å². The van der Waals surface area contributed by atoms with Gasteiger partial charge in [0, 0.05) is 5.92 Å². The van der Waals surface area contributed by atoms with Crippen LogP contribution in [0.5, 0.6) is 0 Å². The zero-order valence-corrected chi connectivity index (χ0v) is 25.5. The lowest BCUT2D eigenvalue weighted by atomic mass is 9.59. The summed E-state index contributed by atoms with van der Waals surface area (Å²) in [6, 6.07) is 41.4. The van der Waals surface area contributed by atoms with E-state index in [1.807, 2.05) is 122 Å². The molecule has 222 valence electrons. The second-order valence-electron chi connectivity index (χ2n) is 11.3. The van der Waals surface area contributed by atoms with E-state index >= 15 is 13.2 Å². The first-order chi connectivity index (χ1) is 21.9. The molecule has 0 fully saturated rings. The smallest absolute Gasteiger partial charge is 0.264 e. The van der Waals surface area contributed by atoms with Crippen molar-refractivity contribution >= 4 is 33.0 Å². The van der Waals surface area contributed by atoms with Gasteiger partial charge in [0.05, 0.1) is 28.0 Å². The summed E-state index contributed by atoms with van der Waals surface area (Å²) in [5, 5.41) is 6.50. The molecule has 0 radical (unpaired) electrons. The van der Waals surface area contributed by atoms with Gasteiger partial charge in [-0.25, -0.2) is 8.42 Å². The van der Waals surface area contributed by atoms with Gasteiger partial charge >= 0.3 is 0 Å². The second-order valence-corrected chi connectivity index (χ2v) is 13.2. The van der Waals surface area contributed by atoms with E-state index in [1.54, 1.807) is 30.3 Å². The van der Waals surface area contributed by atoms with Crippen LogP contribution in [0.15, 0.2) is 162 Å². The minimum atomic E-state index is -4.22. The van der Waals surface area contributed by atoms with Crippen molar-refractivity contribution in [2.45, 2.75) is 23.8 Å². The molecule has 6 nitrogen and oxygen atoms in total. The maximum Gasteiger partial charge on any atom is 0.264 e. The highest BCUT2D eigenvalue weighted by atomic mass is 32.2. The van der Waals surface area contributed by atoms with E-state index in [-0.39, 0.29) is 10.8 Å². The Morgan fingerprint density at radius 3 is 1.98 bits per heavy atom. The zero-order valence-electron chi connectivity index (χ0n) is 24.7. The number of carbonyl (C=O) groups excluding carboxylic acids is 1. The summed E-state index contributed by atoms with van der Waals surface area (Å²) in [4.78, 5) is 15.6. The quantitative estimate of drug-likeness (QED) is 0.186. The van der Waals surface area contributed by atoms with E-state index in [9.17, 15) is 0 Å². The fourth-order valence-electron chi connectivity index (χ4n) is 6.80. The minimum absolute atomic E-state index is 0.139. The molecule has 3 atom stereocenters. The normalized spacial score (nSPS) is 21.0. The molecular formula is C38H31N3O3S. The van der Waals surface area contributed by atoms with Gasteiger partial charge < -0.3 is 0 Å². The molecule has 0 aromatic heterocycles. The van der Waals surface area contributed by atoms with Crippen LogP contribution < -0.4 is 9.31 Å². The van der Waals surface area contributed by atoms with Crippen LogP contribution in [0.3, 0.4) is 0 Å². The SMILES string of the molecule is C=C[C@@H]1c2ccccc2N(S(=O)(=O)c2ccc(C)cc2)[C@H](c2ccccc2)[C@]12C(=O)N(c1ccccc1)N=C2c1ccccc1. The van der Waals surface area contributed by atoms with Crippen LogP contribution in [-0.4, -0.2) is 20.0 Å². The molecule has 5 aromatic rings. The Labute approximate surface area is 263 Å². The number of fused-ring (bicyclic) bond motifs is 1. The monoisotopic (exact) mass is 609 g/mol. The van der Waals surface area contributed by atoms with Crippen molar-refractivity contribution in [3.05, 3.63) is 174 Å². The van der Waals surface area contributed by atoms with E-state index in [0.29, 0.717) is 28.2 Å². The third-order valence-electron chi connectivity index (χ3n) is 8.78. The van der Waals surface area contributed by atoms with E-state index in [2.05, 4.69) is 6.58 Å². The molecule has 0 saturated carbocycles. The molecule has 1 amide bonds. The molecule has 7 rings (SSSR count). The number of allylic oxidation sites excluding steroid dienone is 1. The third-order valence-corrected chi connectivity index (χ3v) is 10.6. The molecule has 0 unspecified atom stereocenters. The lowest BCUT2D eigenvalue weighted by Crippen LogP contribution is -2.58. The molecule has 2 aliphatic rings. The Hall–Kier alpha value is -5.27. The number of para-hydroxylation sites is 2. The van der Waals surface area contributed by atoms with Crippen LogP contribution in [0.25, 0.3) is 0 Å². The highest BCUT2D eigenvalue weighted by molar-refractivity contribution is 7.92. The molecule has 1 spiro atoms. The summed E-state index contributed by atoms with van der Waals surface area (Å²) in [5.74, 6) is -0.951. The maximum atomic E-state index is 15.4. The van der Waals surface area contributed by atoms with Crippen molar-refractivity contribution in [1.82, 2.24) is 0 Å². The first-order valence-electron chi connectivity index (χ1n) is 14.8. The third kappa shape index (κ3) is 4.34. The number of sulfonamides is 1. The predicted octanol–water partition coefficient (Wildman–Crippen LogP) is 7.65. The largest absolute Gasteiger partial charge is 0.271 e. The second kappa shape index (κ2) is 11.0. The number of hydrogen-bond acceptors (Lipinski definition) is 4. The van der Waals surface area contributed by atoms with Crippen molar-refractivity contribution in [3.8, 4) is 0 Å². The van der Waals surface area contributed by atoms with Crippen molar-refractivity contribution in [2.75, 3.05) is 9.31 Å². The van der Waals surface area contributed by atoms with Gasteiger partial charge in [-0.2, -0.15) is 10.1 Å². The predicted molar refractivity (Wildman–Crippen MR) is 179 cm³/mol. The fourth-order valence-corrected chi connectivity index (χ4v) is 8.50. The van der Waals surface area contributed by atoms with Gasteiger partial charge in [0.2, 0.25) is 0 Å². The van der Waals surface area contributed by atoms with Crippen LogP contribution in [0.2, 0.25) is 0 Å². The summed E-state index contributed by atoms with van der Waals surface area (Å²) >= 11 is 0. The first kappa shape index (κ1) is 28.5. The van der Waals surface area contributed by atoms with Gasteiger partial charge in [-0.3, -0.25) is 9.10 Å². The number of carbonyl (C=O) groups is 1. The van der Waals surface area contributed by atoms with E-state index in [0.717, 1.165) is 11.1 Å². The molecular weight excluding hydrogens is 579 g/mol. The van der Waals surface area contributed by atoms with Crippen LogP contribution in [0.4, 0.5) is 11.4 Å². The summed E-state index contributed by atoms with van der Waals surface area (Å²) in [5.41, 5.74) is 3.07. The topological polar surface area (TPSA) is 70.1 Å². The Bertz CT molecular complexity index is 2030. The van der Waals surface area contributed by atoms with E-state index in [1.165, 1.54) is 9.31 Å². The van der Waals surface area contributed by atoms with Crippen LogP contribution in [-0.2, 0) is 14.8 Å². The number of rotatable bonds is 6. The summed E-state index contributed by atoms with van der Waals surface area (Å²) in [7, 11) is -4.22. The molecule has 0 N–H and O–H groups in total. The zero-order chi connectivity index (χ0) is 31.2. The fraction of sp³-hybridized carbons (Fsp3) is 0.105. The summed E-state index contributed by atoms with van der Waals surface area (Å²) in [6.45, 7) is 6.17. The summed E-state index contributed by atoms with van der Waals surface area (Å²) in [6.07, 6.45) is 1.77. The molecule has 0 aliphatic carbocycles. The number of hydrazone groups is 1. The average Bonchev–Trinajstić information content (AvgIpc) is 3.38. The van der Waals surface area contributed by atoms with Crippen molar-refractivity contribution < 1.29 is 13.2 Å². The molecule has 45 heavy (non-hydrogen) atoms. The number of hydrogen-bond donors (Lipinski definition) is 0. The van der Waals surface area contributed by atoms with Gasteiger partial charge in [0.15, 0.2) is 0 Å². The van der Waals surface area contributed by atoms with Crippen molar-refractivity contribution in [3.63, 3.8) is 0 Å². The lowest BCUT2D eigenvalue weighted by molar-refractivity contribution is -0.125. The van der Waals surface area contributed by atoms with Gasteiger partial charge in [0.25, 0.3) is 15.9 Å². The number of benzene rings is 5. The Kier molecular flexibility index (Phi) is 6.98. The number of amides is 1. The number of anilines is 2. The lowest BCUT2D eigenvalue weighted by Gasteiger charge is -2.51. The Balaban J connectivity index is 1.62. The van der Waals surface area contributed by atoms with E-state index < -0.39 is 27.4 Å². The van der Waals surface area contributed by atoms with Crippen LogP contribution in [0, 0.1) is 12.3 Å². The standard InChI is InChI=1S/C38H31N3O3S/c1-3-33-32-21-13-14-22-34(32)41(45(43,44)31-25-23-27(2)24-26-31)36(29-17-9-5-10-18-29)38(33)35(28-15-7-4-8-16-28)39-40(37(38)42)30-19-11-6-12-20-30/h3-26,33,36H,1H2,2H3/t33-,36-,38+/m1/s1. The molecule has 5 aromatic carbocycles. The summed E-state index contributed by atoms with van der Waals surface area (Å²) < 4.78 is 31.5. The van der Waals surface area contributed by atoms with Gasteiger partial charge in [-0.15, -0.1) is 6.58 Å². The average molecular weight is 610 g/mol. The first-order valence-corrected chi connectivity index (χ1v) is 16.2. The van der Waals surface area contributed by atoms with Crippen LogP contribution >= 0.6 is 0 Å². The van der Waals surface area contributed by atoms with Crippen molar-refractivity contribution in [1.29, 1.82) is 0 Å². The molecule has 7 heteroatoms.